The van der Waals surface area contributed by atoms with E-state index in [1.807, 2.05) is 16.9 Å². The maximum atomic E-state index is 12.1. The number of nitrogens with zero attached hydrogens (tertiary/aromatic N) is 3. The highest BCUT2D eigenvalue weighted by Crippen LogP contribution is 2.36. The van der Waals surface area contributed by atoms with Crippen LogP contribution in [-0.2, 0) is 16.1 Å². The van der Waals surface area contributed by atoms with Gasteiger partial charge in [-0.2, -0.15) is 5.10 Å². The van der Waals surface area contributed by atoms with Gasteiger partial charge in [-0.15, -0.1) is 0 Å². The molecule has 0 spiro atoms. The second-order valence-electron chi connectivity index (χ2n) is 5.90. The van der Waals surface area contributed by atoms with Crippen LogP contribution < -0.4 is 5.32 Å². The van der Waals surface area contributed by atoms with Gasteiger partial charge in [-0.25, -0.2) is 0 Å². The number of rotatable bonds is 4. The van der Waals surface area contributed by atoms with Crippen LogP contribution in [0.15, 0.2) is 12.3 Å². The lowest BCUT2D eigenvalue weighted by Crippen LogP contribution is -2.58. The van der Waals surface area contributed by atoms with Gasteiger partial charge in [0.25, 0.3) is 0 Å². The van der Waals surface area contributed by atoms with Crippen LogP contribution in [0.3, 0.4) is 0 Å². The van der Waals surface area contributed by atoms with Crippen LogP contribution in [0.5, 0.6) is 0 Å². The van der Waals surface area contributed by atoms with Gasteiger partial charge >= 0.3 is 0 Å². The highest BCUT2D eigenvalue weighted by Gasteiger charge is 2.44. The van der Waals surface area contributed by atoms with E-state index in [0.29, 0.717) is 18.5 Å². The zero-order chi connectivity index (χ0) is 14.3. The van der Waals surface area contributed by atoms with E-state index in [9.17, 15) is 9.59 Å². The van der Waals surface area contributed by atoms with E-state index >= 15 is 0 Å². The number of nitrogens with one attached hydrogen (secondary N) is 1. The molecule has 2 amide bonds. The second kappa shape index (κ2) is 4.92. The zero-order valence-corrected chi connectivity index (χ0v) is 11.9. The first-order chi connectivity index (χ1) is 9.56. The maximum Gasteiger partial charge on any atom is 0.243 e. The van der Waals surface area contributed by atoms with Crippen molar-refractivity contribution in [1.82, 2.24) is 20.0 Å². The summed E-state index contributed by atoms with van der Waals surface area (Å²) in [6.07, 6.45) is 3.98. The predicted molar refractivity (Wildman–Crippen MR) is 72.7 cm³/mol. The van der Waals surface area contributed by atoms with Crippen molar-refractivity contribution in [1.29, 1.82) is 0 Å². The highest BCUT2D eigenvalue weighted by molar-refractivity contribution is 5.95. The maximum absolute atomic E-state index is 12.1. The van der Waals surface area contributed by atoms with Gasteiger partial charge in [0.05, 0.1) is 18.8 Å². The Morgan fingerprint density at radius 1 is 1.40 bits per heavy atom. The van der Waals surface area contributed by atoms with Gasteiger partial charge in [0.15, 0.2) is 0 Å². The average molecular weight is 276 g/mol. The van der Waals surface area contributed by atoms with Gasteiger partial charge in [-0.05, 0) is 38.7 Å². The minimum absolute atomic E-state index is 0.0133. The third-order valence-electron chi connectivity index (χ3n) is 3.93. The van der Waals surface area contributed by atoms with E-state index in [4.69, 9.17) is 0 Å². The lowest BCUT2D eigenvalue weighted by molar-refractivity contribution is -0.147. The summed E-state index contributed by atoms with van der Waals surface area (Å²) in [5.74, 6) is 0.294. The molecule has 2 fully saturated rings. The topological polar surface area (TPSA) is 67.2 Å². The molecule has 0 aromatic carbocycles. The van der Waals surface area contributed by atoms with Crippen LogP contribution in [0.2, 0.25) is 0 Å². The molecule has 1 N–H and O–H groups in total. The molecule has 0 radical (unpaired) electrons. The largest absolute Gasteiger partial charge is 0.345 e. The Morgan fingerprint density at radius 3 is 2.75 bits per heavy atom. The molecule has 6 heteroatoms. The Hall–Kier alpha value is -1.85. The average Bonchev–Trinajstić information content (AvgIpc) is 3.12. The van der Waals surface area contributed by atoms with E-state index in [-0.39, 0.29) is 24.4 Å². The normalized spacial score (nSPS) is 23.4. The second-order valence-corrected chi connectivity index (χ2v) is 5.90. The summed E-state index contributed by atoms with van der Waals surface area (Å²) in [5, 5.41) is 7.16. The Bertz CT molecular complexity index is 533. The fourth-order valence-corrected chi connectivity index (χ4v) is 2.66. The van der Waals surface area contributed by atoms with Crippen molar-refractivity contribution in [2.45, 2.75) is 45.3 Å². The standard InChI is InChI=1S/C14H20N4O2/c1-9(2)18-6-5-11(16-18)8-17-12(19)7-15-14(20)13(17)10-3-4-10/h5-6,9-10,13H,3-4,7-8H2,1-2H3,(H,15,20). The summed E-state index contributed by atoms with van der Waals surface area (Å²) in [5.41, 5.74) is 0.840. The lowest BCUT2D eigenvalue weighted by atomic mass is 10.1. The van der Waals surface area contributed by atoms with Crippen molar-refractivity contribution in [2.75, 3.05) is 6.54 Å². The highest BCUT2D eigenvalue weighted by atomic mass is 16.2. The summed E-state index contributed by atoms with van der Waals surface area (Å²) >= 11 is 0. The monoisotopic (exact) mass is 276 g/mol. The van der Waals surface area contributed by atoms with E-state index < -0.39 is 0 Å². The van der Waals surface area contributed by atoms with Crippen LogP contribution in [0, 0.1) is 5.92 Å². The molecule has 108 valence electrons. The summed E-state index contributed by atoms with van der Waals surface area (Å²) in [4.78, 5) is 25.8. The van der Waals surface area contributed by atoms with E-state index in [2.05, 4.69) is 24.3 Å². The molecule has 1 saturated carbocycles. The Balaban J connectivity index is 1.78. The first-order valence-corrected chi connectivity index (χ1v) is 7.17. The molecule has 1 aromatic heterocycles. The van der Waals surface area contributed by atoms with Crippen molar-refractivity contribution < 1.29 is 9.59 Å². The number of carbonyl (C=O) groups excluding carboxylic acids is 2. The van der Waals surface area contributed by atoms with Gasteiger partial charge in [-0.1, -0.05) is 0 Å². The van der Waals surface area contributed by atoms with Crippen molar-refractivity contribution in [2.24, 2.45) is 5.92 Å². The number of piperazine rings is 1. The third kappa shape index (κ3) is 2.42. The van der Waals surface area contributed by atoms with Gasteiger partial charge in [0, 0.05) is 12.2 Å². The van der Waals surface area contributed by atoms with Crippen LogP contribution in [0.25, 0.3) is 0 Å². The number of hydrogen-bond donors (Lipinski definition) is 1. The minimum Gasteiger partial charge on any atom is -0.345 e. The molecule has 1 aliphatic heterocycles. The number of carbonyl (C=O) groups is 2. The van der Waals surface area contributed by atoms with Crippen molar-refractivity contribution in [3.8, 4) is 0 Å². The number of aromatic nitrogens is 2. The van der Waals surface area contributed by atoms with Crippen molar-refractivity contribution in [3.05, 3.63) is 18.0 Å². The van der Waals surface area contributed by atoms with Crippen LogP contribution in [0.4, 0.5) is 0 Å². The summed E-state index contributed by atoms with van der Waals surface area (Å²) in [7, 11) is 0. The van der Waals surface area contributed by atoms with E-state index in [1.165, 1.54) is 0 Å². The Morgan fingerprint density at radius 2 is 2.15 bits per heavy atom. The lowest BCUT2D eigenvalue weighted by Gasteiger charge is -2.34. The zero-order valence-electron chi connectivity index (χ0n) is 11.9. The molecule has 2 aliphatic rings. The summed E-state index contributed by atoms with van der Waals surface area (Å²) in [6.45, 7) is 4.65. The van der Waals surface area contributed by atoms with Crippen LogP contribution in [0.1, 0.15) is 38.4 Å². The molecule has 0 bridgehead atoms. The van der Waals surface area contributed by atoms with Gasteiger partial charge < -0.3 is 10.2 Å². The van der Waals surface area contributed by atoms with Gasteiger partial charge in [0.1, 0.15) is 6.04 Å². The molecular weight excluding hydrogens is 256 g/mol. The molecule has 6 nitrogen and oxygen atoms in total. The predicted octanol–water partition coefficient (Wildman–Crippen LogP) is 0.701. The Labute approximate surface area is 118 Å². The first kappa shape index (κ1) is 13.1. The van der Waals surface area contributed by atoms with Crippen molar-refractivity contribution >= 4 is 11.8 Å². The van der Waals surface area contributed by atoms with Crippen LogP contribution in [-0.4, -0.2) is 39.1 Å². The molecule has 1 aliphatic carbocycles. The Kier molecular flexibility index (Phi) is 3.23. The number of hydrogen-bond acceptors (Lipinski definition) is 3. The molecule has 1 unspecified atom stereocenters. The van der Waals surface area contributed by atoms with Gasteiger partial charge in [-0.3, -0.25) is 14.3 Å². The molecule has 1 atom stereocenters. The number of amides is 2. The third-order valence-corrected chi connectivity index (χ3v) is 3.93. The van der Waals surface area contributed by atoms with E-state index in [1.54, 1.807) is 4.90 Å². The van der Waals surface area contributed by atoms with Gasteiger partial charge in [0.2, 0.25) is 11.8 Å². The fraction of sp³-hybridized carbons (Fsp3) is 0.643. The molecule has 20 heavy (non-hydrogen) atoms. The fourth-order valence-electron chi connectivity index (χ4n) is 2.66. The van der Waals surface area contributed by atoms with E-state index in [0.717, 1.165) is 18.5 Å². The molecule has 3 rings (SSSR count). The van der Waals surface area contributed by atoms with Crippen molar-refractivity contribution in [3.63, 3.8) is 0 Å². The summed E-state index contributed by atoms with van der Waals surface area (Å²) in [6, 6.07) is 1.91. The minimum atomic E-state index is -0.305. The quantitative estimate of drug-likeness (QED) is 0.880. The van der Waals surface area contributed by atoms with Crippen LogP contribution >= 0.6 is 0 Å². The molecule has 1 aromatic rings. The molecular formula is C14H20N4O2. The SMILES string of the molecule is CC(C)n1ccc(CN2C(=O)CNC(=O)C2C2CC2)n1. The first-order valence-electron chi connectivity index (χ1n) is 7.17. The smallest absolute Gasteiger partial charge is 0.243 e. The molecule has 1 saturated heterocycles. The molecule has 2 heterocycles. The summed E-state index contributed by atoms with van der Waals surface area (Å²) < 4.78 is 1.87.